The summed E-state index contributed by atoms with van der Waals surface area (Å²) in [5.74, 6) is 1.16. The summed E-state index contributed by atoms with van der Waals surface area (Å²) in [5.41, 5.74) is 0.154. The van der Waals surface area contributed by atoms with E-state index >= 15 is 0 Å². The fourth-order valence-corrected chi connectivity index (χ4v) is 3.22. The van der Waals surface area contributed by atoms with Crippen LogP contribution in [0.15, 0.2) is 59.7 Å². The third-order valence-corrected chi connectivity index (χ3v) is 4.77. The predicted molar refractivity (Wildman–Crippen MR) is 110 cm³/mol. The average Bonchev–Trinajstić information content (AvgIpc) is 3.35. The number of anilines is 1. The number of carbonyl (C=O) groups excluding carboxylic acids is 1. The summed E-state index contributed by atoms with van der Waals surface area (Å²) in [7, 11) is 0. The number of benzene rings is 2. The first-order valence-corrected chi connectivity index (χ1v) is 9.52. The summed E-state index contributed by atoms with van der Waals surface area (Å²) in [6.45, 7) is -0.170. The lowest BCUT2D eigenvalue weighted by atomic mass is 10.3. The van der Waals surface area contributed by atoms with E-state index in [2.05, 4.69) is 15.4 Å². The Morgan fingerprint density at radius 1 is 1.19 bits per heavy atom. The van der Waals surface area contributed by atoms with Crippen LogP contribution in [0.4, 0.5) is 5.69 Å². The Morgan fingerprint density at radius 2 is 2.03 bits per heavy atom. The second-order valence-electron chi connectivity index (χ2n) is 6.51. The summed E-state index contributed by atoms with van der Waals surface area (Å²) in [5, 5.41) is 7.30. The number of fused-ring (bicyclic) bond motifs is 2. The number of hydrogen-bond acceptors (Lipinski definition) is 7. The van der Waals surface area contributed by atoms with Gasteiger partial charge in [0.1, 0.15) is 12.3 Å². The molecule has 1 aliphatic heterocycles. The molecule has 31 heavy (non-hydrogen) atoms. The van der Waals surface area contributed by atoms with Gasteiger partial charge in [0, 0.05) is 24.1 Å². The van der Waals surface area contributed by atoms with Gasteiger partial charge in [-0.3, -0.25) is 4.79 Å². The molecule has 1 N–H and O–H groups in total. The van der Waals surface area contributed by atoms with Crippen molar-refractivity contribution in [1.29, 1.82) is 0 Å². The number of para-hydroxylation sites is 1. The van der Waals surface area contributed by atoms with Crippen molar-refractivity contribution in [1.82, 2.24) is 19.2 Å². The third-order valence-electron chi connectivity index (χ3n) is 4.46. The van der Waals surface area contributed by atoms with Crippen LogP contribution in [-0.4, -0.2) is 31.9 Å². The van der Waals surface area contributed by atoms with Crippen LogP contribution in [0.25, 0.3) is 5.65 Å². The minimum atomic E-state index is -0.512. The molecule has 0 fully saturated rings. The van der Waals surface area contributed by atoms with Gasteiger partial charge < -0.3 is 19.5 Å². The van der Waals surface area contributed by atoms with E-state index < -0.39 is 11.6 Å². The Bertz CT molecular complexity index is 1370. The largest absolute Gasteiger partial charge is 0.454 e. The number of nitrogens with one attached hydrogen (secondary N) is 1. The minimum absolute atomic E-state index is 0.0858. The van der Waals surface area contributed by atoms with E-state index in [1.165, 1.54) is 16.8 Å². The van der Waals surface area contributed by atoms with E-state index in [1.54, 1.807) is 42.5 Å². The predicted octanol–water partition coefficient (Wildman–Crippen LogP) is 2.70. The molecule has 0 unspecified atom stereocenters. The quantitative estimate of drug-likeness (QED) is 0.509. The average molecular weight is 440 g/mol. The highest BCUT2D eigenvalue weighted by Gasteiger charge is 2.18. The molecule has 10 nitrogen and oxygen atoms in total. The van der Waals surface area contributed by atoms with Crippen LogP contribution in [0.1, 0.15) is 0 Å². The number of halogens is 1. The smallest absolute Gasteiger partial charge is 0.351 e. The Labute approximate surface area is 179 Å². The number of aromatic nitrogens is 4. The molecule has 0 atom stereocenters. The van der Waals surface area contributed by atoms with E-state index in [9.17, 15) is 9.59 Å². The molecule has 2 aromatic carbocycles. The van der Waals surface area contributed by atoms with Crippen LogP contribution < -0.4 is 25.2 Å². The topological polar surface area (TPSA) is 109 Å². The summed E-state index contributed by atoms with van der Waals surface area (Å²) in [6, 6.07) is 11.9. The highest BCUT2D eigenvalue weighted by molar-refractivity contribution is 6.32. The third kappa shape index (κ3) is 3.64. The van der Waals surface area contributed by atoms with Crippen LogP contribution in [0.3, 0.4) is 0 Å². The molecule has 1 amide bonds. The van der Waals surface area contributed by atoms with Gasteiger partial charge in [0.05, 0.1) is 5.02 Å². The normalized spacial score (nSPS) is 12.2. The van der Waals surface area contributed by atoms with Gasteiger partial charge in [-0.15, -0.1) is 5.10 Å². The van der Waals surface area contributed by atoms with Crippen molar-refractivity contribution in [2.24, 2.45) is 0 Å². The van der Waals surface area contributed by atoms with E-state index in [1.807, 2.05) is 0 Å². The first-order valence-electron chi connectivity index (χ1n) is 9.14. The van der Waals surface area contributed by atoms with Crippen molar-refractivity contribution in [2.45, 2.75) is 6.54 Å². The Balaban J connectivity index is 1.39. The fourth-order valence-electron chi connectivity index (χ4n) is 3.04. The lowest BCUT2D eigenvalue weighted by molar-refractivity contribution is -0.117. The summed E-state index contributed by atoms with van der Waals surface area (Å²) in [4.78, 5) is 29.3. The van der Waals surface area contributed by atoms with E-state index in [0.717, 1.165) is 4.68 Å². The van der Waals surface area contributed by atoms with E-state index in [-0.39, 0.29) is 24.9 Å². The maximum Gasteiger partial charge on any atom is 0.351 e. The van der Waals surface area contributed by atoms with Crippen LogP contribution in [0.2, 0.25) is 5.02 Å². The molecule has 0 bridgehead atoms. The standard InChI is InChI=1S/C20H14ClN5O5/c21-13-3-1-2-4-14(13)31-19-18-24-26(20(28)25(18)8-7-22-19)10-17(27)23-12-5-6-15-16(9-12)30-11-29-15/h1-9H,10-11H2,(H,23,27). The lowest BCUT2D eigenvalue weighted by Crippen LogP contribution is -2.28. The molecule has 1 aliphatic rings. The van der Waals surface area contributed by atoms with Crippen LogP contribution in [0.5, 0.6) is 23.1 Å². The van der Waals surface area contributed by atoms with Gasteiger partial charge in [-0.05, 0) is 24.3 Å². The molecule has 0 saturated carbocycles. The summed E-state index contributed by atoms with van der Waals surface area (Å²) in [6.07, 6.45) is 2.84. The molecule has 0 aliphatic carbocycles. The molecule has 0 spiro atoms. The van der Waals surface area contributed by atoms with Gasteiger partial charge >= 0.3 is 5.69 Å². The van der Waals surface area contributed by atoms with Crippen molar-refractivity contribution in [3.05, 3.63) is 70.4 Å². The number of ether oxygens (including phenoxy) is 3. The second-order valence-corrected chi connectivity index (χ2v) is 6.92. The highest BCUT2D eigenvalue weighted by atomic mass is 35.5. The zero-order valence-electron chi connectivity index (χ0n) is 15.8. The van der Waals surface area contributed by atoms with Crippen molar-refractivity contribution < 1.29 is 19.0 Å². The summed E-state index contributed by atoms with van der Waals surface area (Å²) < 4.78 is 18.5. The van der Waals surface area contributed by atoms with Gasteiger partial charge in [-0.2, -0.15) is 0 Å². The number of rotatable bonds is 5. The molecule has 156 valence electrons. The second kappa shape index (κ2) is 7.65. The SMILES string of the molecule is O=C(Cn1nc2c(Oc3ccccc3Cl)nccn2c1=O)Nc1ccc2c(c1)OCO2. The monoisotopic (exact) mass is 439 g/mol. The Hall–Kier alpha value is -4.05. The molecule has 4 aromatic rings. The number of nitrogens with zero attached hydrogens (tertiary/aromatic N) is 4. The Kier molecular flexibility index (Phi) is 4.68. The van der Waals surface area contributed by atoms with Gasteiger partial charge in [0.15, 0.2) is 11.5 Å². The maximum atomic E-state index is 12.7. The highest BCUT2D eigenvalue weighted by Crippen LogP contribution is 2.34. The Morgan fingerprint density at radius 3 is 2.90 bits per heavy atom. The first kappa shape index (κ1) is 18.9. The van der Waals surface area contributed by atoms with E-state index in [0.29, 0.717) is 28.0 Å². The molecule has 3 heterocycles. The van der Waals surface area contributed by atoms with Crippen LogP contribution in [0, 0.1) is 0 Å². The van der Waals surface area contributed by atoms with Gasteiger partial charge in [0.25, 0.3) is 5.88 Å². The number of hydrogen-bond donors (Lipinski definition) is 1. The fraction of sp³-hybridized carbons (Fsp3) is 0.100. The molecular formula is C20H14ClN5O5. The summed E-state index contributed by atoms with van der Waals surface area (Å²) >= 11 is 6.13. The number of amides is 1. The van der Waals surface area contributed by atoms with Crippen molar-refractivity contribution >= 4 is 28.8 Å². The van der Waals surface area contributed by atoms with Gasteiger partial charge in [-0.1, -0.05) is 23.7 Å². The van der Waals surface area contributed by atoms with Crippen molar-refractivity contribution in [3.8, 4) is 23.1 Å². The van der Waals surface area contributed by atoms with Gasteiger partial charge in [-0.25, -0.2) is 18.9 Å². The molecule has 0 saturated heterocycles. The zero-order valence-corrected chi connectivity index (χ0v) is 16.6. The minimum Gasteiger partial charge on any atom is -0.454 e. The van der Waals surface area contributed by atoms with Crippen LogP contribution >= 0.6 is 11.6 Å². The molecule has 5 rings (SSSR count). The molecule has 0 radical (unpaired) electrons. The van der Waals surface area contributed by atoms with Crippen LogP contribution in [-0.2, 0) is 11.3 Å². The van der Waals surface area contributed by atoms with Crippen molar-refractivity contribution in [2.75, 3.05) is 12.1 Å². The van der Waals surface area contributed by atoms with Gasteiger partial charge in [0.2, 0.25) is 18.3 Å². The van der Waals surface area contributed by atoms with E-state index in [4.69, 9.17) is 25.8 Å². The molecular weight excluding hydrogens is 426 g/mol. The lowest BCUT2D eigenvalue weighted by Gasteiger charge is -2.06. The first-order chi connectivity index (χ1) is 15.1. The van der Waals surface area contributed by atoms with Crippen molar-refractivity contribution in [3.63, 3.8) is 0 Å². The molecule has 2 aromatic heterocycles. The number of carbonyl (C=O) groups is 1. The maximum absolute atomic E-state index is 12.7. The molecule has 11 heteroatoms. The zero-order chi connectivity index (χ0) is 21.4.